The lowest BCUT2D eigenvalue weighted by Gasteiger charge is -2.27. The van der Waals surface area contributed by atoms with Crippen molar-refractivity contribution in [2.75, 3.05) is 6.54 Å². The molecule has 0 bridgehead atoms. The molecule has 0 fully saturated rings. The first kappa shape index (κ1) is 11.4. The molecule has 14 heavy (non-hydrogen) atoms. The monoisotopic (exact) mass is 215 g/mol. The van der Waals surface area contributed by atoms with Crippen LogP contribution in [0.3, 0.4) is 0 Å². The molecule has 1 rings (SSSR count). The Bertz CT molecular complexity index is 245. The van der Waals surface area contributed by atoms with E-state index in [9.17, 15) is 4.79 Å². The van der Waals surface area contributed by atoms with Gasteiger partial charge in [0, 0.05) is 18.0 Å². The van der Waals surface area contributed by atoms with E-state index in [-0.39, 0.29) is 11.3 Å². The summed E-state index contributed by atoms with van der Waals surface area (Å²) in [6.45, 7) is 6.26. The molecule has 0 saturated carbocycles. The van der Waals surface area contributed by atoms with E-state index in [4.69, 9.17) is 4.74 Å². The number of nitrogens with zero attached hydrogens (tertiary/aromatic N) is 1. The van der Waals surface area contributed by atoms with Crippen molar-refractivity contribution < 1.29 is 9.53 Å². The predicted octanol–water partition coefficient (Wildman–Crippen LogP) is 2.44. The second-order valence-corrected chi connectivity index (χ2v) is 5.03. The first-order valence-corrected chi connectivity index (χ1v) is 5.26. The Morgan fingerprint density at radius 3 is 2.64 bits per heavy atom. The Morgan fingerprint density at radius 1 is 1.57 bits per heavy atom. The minimum absolute atomic E-state index is 0.258. The molecule has 1 amide bonds. The van der Waals surface area contributed by atoms with E-state index in [0.29, 0.717) is 6.54 Å². The molecular formula is C10H17NO2S. The molecule has 0 aliphatic carbocycles. The largest absolute Gasteiger partial charge is 0.443 e. The highest BCUT2D eigenvalue weighted by Crippen LogP contribution is 2.15. The zero-order valence-corrected chi connectivity index (χ0v) is 9.75. The quantitative estimate of drug-likeness (QED) is 0.629. The molecule has 0 saturated heterocycles. The summed E-state index contributed by atoms with van der Waals surface area (Å²) < 4.78 is 5.22. The van der Waals surface area contributed by atoms with Crippen LogP contribution in [0.1, 0.15) is 27.2 Å². The zero-order chi connectivity index (χ0) is 10.8. The van der Waals surface area contributed by atoms with Crippen LogP contribution in [-0.4, -0.2) is 28.4 Å². The fraction of sp³-hybridized carbons (Fsp3) is 0.700. The van der Waals surface area contributed by atoms with E-state index in [1.54, 1.807) is 11.1 Å². The Balaban J connectivity index is 2.50. The molecule has 0 spiro atoms. The van der Waals surface area contributed by atoms with Crippen molar-refractivity contribution in [3.63, 3.8) is 0 Å². The number of hydrogen-bond acceptors (Lipinski definition) is 3. The number of hydrogen-bond donors (Lipinski definition) is 1. The van der Waals surface area contributed by atoms with Crippen LogP contribution in [0.5, 0.6) is 0 Å². The second kappa shape index (κ2) is 4.26. The molecule has 1 aliphatic heterocycles. The molecule has 0 N–H and O–H groups in total. The second-order valence-electron chi connectivity index (χ2n) is 4.37. The third-order valence-electron chi connectivity index (χ3n) is 1.78. The van der Waals surface area contributed by atoms with Gasteiger partial charge in [-0.25, -0.2) is 4.79 Å². The molecule has 0 radical (unpaired) electrons. The first-order chi connectivity index (χ1) is 6.38. The lowest BCUT2D eigenvalue weighted by atomic mass is 10.2. The predicted molar refractivity (Wildman–Crippen MR) is 59.5 cm³/mol. The summed E-state index contributed by atoms with van der Waals surface area (Å²) in [5.74, 6) is 0. The van der Waals surface area contributed by atoms with Crippen LogP contribution >= 0.6 is 12.6 Å². The van der Waals surface area contributed by atoms with E-state index in [0.717, 1.165) is 6.42 Å². The van der Waals surface area contributed by atoms with Crippen molar-refractivity contribution in [3.8, 4) is 0 Å². The summed E-state index contributed by atoms with van der Waals surface area (Å²) in [5, 5.41) is 0.258. The standard InChI is InChI=1S/C10H17NO2S/c1-10(2,3)13-9(12)11-6-4-8(14)5-7-11/h4,6,8,14H,5,7H2,1-3H3. The van der Waals surface area contributed by atoms with Crippen LogP contribution in [0.25, 0.3) is 0 Å². The molecule has 0 aromatic heterocycles. The molecule has 4 heteroatoms. The summed E-state index contributed by atoms with van der Waals surface area (Å²) in [4.78, 5) is 13.1. The van der Waals surface area contributed by atoms with Crippen molar-refractivity contribution >= 4 is 18.7 Å². The van der Waals surface area contributed by atoms with Gasteiger partial charge in [0.25, 0.3) is 0 Å². The van der Waals surface area contributed by atoms with E-state index in [2.05, 4.69) is 12.6 Å². The van der Waals surface area contributed by atoms with Gasteiger partial charge in [0.1, 0.15) is 5.60 Å². The lowest BCUT2D eigenvalue weighted by molar-refractivity contribution is 0.0328. The van der Waals surface area contributed by atoms with E-state index < -0.39 is 5.60 Å². The van der Waals surface area contributed by atoms with E-state index in [1.807, 2.05) is 26.8 Å². The van der Waals surface area contributed by atoms with Crippen LogP contribution in [0, 0.1) is 0 Å². The molecule has 0 aromatic carbocycles. The highest BCUT2D eigenvalue weighted by Gasteiger charge is 2.22. The van der Waals surface area contributed by atoms with Gasteiger partial charge >= 0.3 is 6.09 Å². The minimum Gasteiger partial charge on any atom is -0.443 e. The third-order valence-corrected chi connectivity index (χ3v) is 2.21. The molecule has 1 unspecified atom stereocenters. The summed E-state index contributed by atoms with van der Waals surface area (Å²) in [6.07, 6.45) is 4.24. The maximum absolute atomic E-state index is 11.5. The smallest absolute Gasteiger partial charge is 0.414 e. The summed E-state index contributed by atoms with van der Waals surface area (Å²) in [5.41, 5.74) is -0.428. The molecular weight excluding hydrogens is 198 g/mol. The lowest BCUT2D eigenvalue weighted by Crippen LogP contribution is -2.36. The van der Waals surface area contributed by atoms with E-state index in [1.165, 1.54) is 0 Å². The van der Waals surface area contributed by atoms with Gasteiger partial charge in [0.2, 0.25) is 0 Å². The van der Waals surface area contributed by atoms with Crippen LogP contribution in [0.15, 0.2) is 12.3 Å². The maximum atomic E-state index is 11.5. The number of ether oxygens (including phenoxy) is 1. The zero-order valence-electron chi connectivity index (χ0n) is 8.86. The van der Waals surface area contributed by atoms with Crippen LogP contribution in [0.4, 0.5) is 4.79 Å². The summed E-state index contributed by atoms with van der Waals surface area (Å²) in [6, 6.07) is 0. The number of carbonyl (C=O) groups is 1. The number of thiol groups is 1. The Hall–Kier alpha value is -0.640. The fourth-order valence-corrected chi connectivity index (χ4v) is 1.31. The number of carbonyl (C=O) groups excluding carboxylic acids is 1. The van der Waals surface area contributed by atoms with Gasteiger partial charge in [-0.05, 0) is 27.2 Å². The fourth-order valence-electron chi connectivity index (χ4n) is 1.12. The van der Waals surface area contributed by atoms with Crippen LogP contribution < -0.4 is 0 Å². The topological polar surface area (TPSA) is 29.5 Å². The molecule has 3 nitrogen and oxygen atoms in total. The SMILES string of the molecule is CC(C)(C)OC(=O)N1C=CC(S)CC1. The Morgan fingerprint density at radius 2 is 2.21 bits per heavy atom. The van der Waals surface area contributed by atoms with Crippen LogP contribution in [-0.2, 0) is 4.74 Å². The van der Waals surface area contributed by atoms with Gasteiger partial charge in [-0.2, -0.15) is 12.6 Å². The van der Waals surface area contributed by atoms with Gasteiger partial charge < -0.3 is 4.74 Å². The molecule has 80 valence electrons. The number of rotatable bonds is 0. The third kappa shape index (κ3) is 3.62. The van der Waals surface area contributed by atoms with Gasteiger partial charge in [-0.1, -0.05) is 6.08 Å². The van der Waals surface area contributed by atoms with Crippen molar-refractivity contribution in [1.29, 1.82) is 0 Å². The normalized spacial score (nSPS) is 22.3. The maximum Gasteiger partial charge on any atom is 0.414 e. The average molecular weight is 215 g/mol. The average Bonchev–Trinajstić information content (AvgIpc) is 2.02. The molecule has 1 aliphatic rings. The summed E-state index contributed by atoms with van der Waals surface area (Å²) in [7, 11) is 0. The Kier molecular flexibility index (Phi) is 3.48. The van der Waals surface area contributed by atoms with E-state index >= 15 is 0 Å². The van der Waals surface area contributed by atoms with Gasteiger partial charge in [-0.3, -0.25) is 4.90 Å². The number of amides is 1. The summed E-state index contributed by atoms with van der Waals surface area (Å²) >= 11 is 4.29. The molecule has 1 heterocycles. The minimum atomic E-state index is -0.428. The van der Waals surface area contributed by atoms with Gasteiger partial charge in [0.15, 0.2) is 0 Å². The molecule has 1 atom stereocenters. The molecule has 0 aromatic rings. The highest BCUT2D eigenvalue weighted by atomic mass is 32.1. The van der Waals surface area contributed by atoms with Crippen molar-refractivity contribution in [2.24, 2.45) is 0 Å². The Labute approximate surface area is 90.5 Å². The van der Waals surface area contributed by atoms with Crippen molar-refractivity contribution in [2.45, 2.75) is 38.0 Å². The highest BCUT2D eigenvalue weighted by molar-refractivity contribution is 7.81. The van der Waals surface area contributed by atoms with Gasteiger partial charge in [0.05, 0.1) is 0 Å². The van der Waals surface area contributed by atoms with Crippen LogP contribution in [0.2, 0.25) is 0 Å². The van der Waals surface area contributed by atoms with Gasteiger partial charge in [-0.15, -0.1) is 0 Å². The van der Waals surface area contributed by atoms with Crippen molar-refractivity contribution in [3.05, 3.63) is 12.3 Å². The van der Waals surface area contributed by atoms with Crippen molar-refractivity contribution in [1.82, 2.24) is 4.90 Å². The first-order valence-electron chi connectivity index (χ1n) is 4.74.